The fraction of sp³-hybridized carbons (Fsp3) is 0.231. The molecule has 3 N–H and O–H groups in total. The van der Waals surface area contributed by atoms with Crippen molar-refractivity contribution in [2.24, 2.45) is 5.84 Å². The zero-order valence-electron chi connectivity index (χ0n) is 9.61. The van der Waals surface area contributed by atoms with Crippen molar-refractivity contribution >= 4 is 11.6 Å². The summed E-state index contributed by atoms with van der Waals surface area (Å²) in [6.07, 6.45) is 2.36. The summed E-state index contributed by atoms with van der Waals surface area (Å²) in [5.41, 5.74) is 4.90. The van der Waals surface area contributed by atoms with Crippen LogP contribution in [0.3, 0.4) is 0 Å². The fourth-order valence-corrected chi connectivity index (χ4v) is 1.92. The van der Waals surface area contributed by atoms with Crippen LogP contribution in [0.5, 0.6) is 0 Å². The first-order valence-electron chi connectivity index (χ1n) is 5.45. The van der Waals surface area contributed by atoms with E-state index in [1.807, 2.05) is 37.3 Å². The zero-order chi connectivity index (χ0) is 12.3. The Kier molecular flexibility index (Phi) is 3.84. The molecule has 1 unspecified atom stereocenters. The number of hydrazine groups is 1. The van der Waals surface area contributed by atoms with Crippen molar-refractivity contribution in [2.45, 2.75) is 19.4 Å². The molecule has 0 radical (unpaired) electrons. The van der Waals surface area contributed by atoms with Crippen LogP contribution < -0.4 is 11.3 Å². The van der Waals surface area contributed by atoms with E-state index in [0.29, 0.717) is 6.42 Å². The summed E-state index contributed by atoms with van der Waals surface area (Å²) in [5, 5.41) is 0.752. The number of benzene rings is 1. The number of rotatable bonds is 4. The molecule has 1 aromatic heterocycles. The van der Waals surface area contributed by atoms with Gasteiger partial charge < -0.3 is 4.42 Å². The molecular weight excluding hydrogens is 236 g/mol. The van der Waals surface area contributed by atoms with Gasteiger partial charge in [0.1, 0.15) is 5.76 Å². The third kappa shape index (κ3) is 2.88. The normalized spacial score (nSPS) is 12.6. The van der Waals surface area contributed by atoms with Gasteiger partial charge in [0.15, 0.2) is 0 Å². The van der Waals surface area contributed by atoms with Crippen LogP contribution in [-0.2, 0) is 6.42 Å². The first kappa shape index (κ1) is 12.2. The van der Waals surface area contributed by atoms with Gasteiger partial charge in [0, 0.05) is 11.4 Å². The van der Waals surface area contributed by atoms with Crippen LogP contribution in [0, 0.1) is 6.92 Å². The van der Waals surface area contributed by atoms with Gasteiger partial charge in [-0.25, -0.2) is 0 Å². The number of furan rings is 1. The summed E-state index contributed by atoms with van der Waals surface area (Å²) in [5.74, 6) is 6.47. The molecule has 3 nitrogen and oxygen atoms in total. The quantitative estimate of drug-likeness (QED) is 0.648. The fourth-order valence-electron chi connectivity index (χ4n) is 1.73. The number of aryl methyl sites for hydroxylation is 1. The van der Waals surface area contributed by atoms with Crippen LogP contribution in [0.2, 0.25) is 5.02 Å². The Morgan fingerprint density at radius 3 is 2.82 bits per heavy atom. The minimum absolute atomic E-state index is 0.000694. The van der Waals surface area contributed by atoms with E-state index in [1.165, 1.54) is 0 Å². The van der Waals surface area contributed by atoms with Crippen molar-refractivity contribution in [1.82, 2.24) is 5.43 Å². The van der Waals surface area contributed by atoms with Crippen LogP contribution in [0.1, 0.15) is 22.9 Å². The molecule has 4 heteroatoms. The lowest BCUT2D eigenvalue weighted by atomic mass is 10.0. The van der Waals surface area contributed by atoms with Gasteiger partial charge in [0.05, 0.1) is 12.3 Å². The van der Waals surface area contributed by atoms with E-state index in [4.69, 9.17) is 21.9 Å². The van der Waals surface area contributed by atoms with E-state index >= 15 is 0 Å². The second-order valence-electron chi connectivity index (χ2n) is 4.01. The summed E-state index contributed by atoms with van der Waals surface area (Å²) in [4.78, 5) is 0. The van der Waals surface area contributed by atoms with Crippen molar-refractivity contribution in [3.8, 4) is 0 Å². The first-order valence-corrected chi connectivity index (χ1v) is 5.83. The highest BCUT2D eigenvalue weighted by Crippen LogP contribution is 2.23. The lowest BCUT2D eigenvalue weighted by Crippen LogP contribution is -2.29. The van der Waals surface area contributed by atoms with Gasteiger partial charge in [-0.15, -0.1) is 0 Å². The van der Waals surface area contributed by atoms with Gasteiger partial charge in [-0.3, -0.25) is 11.3 Å². The Balaban J connectivity index is 2.20. The maximum atomic E-state index is 6.10. The Morgan fingerprint density at radius 2 is 2.24 bits per heavy atom. The van der Waals surface area contributed by atoms with Gasteiger partial charge in [-0.05, 0) is 36.2 Å². The highest BCUT2D eigenvalue weighted by Gasteiger charge is 2.13. The average Bonchev–Trinajstić information content (AvgIpc) is 2.82. The first-order chi connectivity index (χ1) is 8.20. The van der Waals surface area contributed by atoms with Crippen LogP contribution in [0.25, 0.3) is 0 Å². The van der Waals surface area contributed by atoms with E-state index < -0.39 is 0 Å². The maximum Gasteiger partial charge on any atom is 0.105 e. The van der Waals surface area contributed by atoms with E-state index in [-0.39, 0.29) is 6.04 Å². The molecule has 0 saturated carbocycles. The monoisotopic (exact) mass is 250 g/mol. The number of halogens is 1. The smallest absolute Gasteiger partial charge is 0.105 e. The Hall–Kier alpha value is -1.29. The molecule has 0 aliphatic rings. The molecule has 0 saturated heterocycles. The summed E-state index contributed by atoms with van der Waals surface area (Å²) >= 11 is 6.10. The highest BCUT2D eigenvalue weighted by molar-refractivity contribution is 6.31. The van der Waals surface area contributed by atoms with Crippen LogP contribution >= 0.6 is 11.6 Å². The van der Waals surface area contributed by atoms with E-state index in [9.17, 15) is 0 Å². The number of hydrogen-bond acceptors (Lipinski definition) is 3. The number of hydrogen-bond donors (Lipinski definition) is 2. The molecule has 0 bridgehead atoms. The van der Waals surface area contributed by atoms with Gasteiger partial charge in [-0.2, -0.15) is 0 Å². The molecular formula is C13H15ClN2O. The molecule has 0 aliphatic carbocycles. The molecule has 1 heterocycles. The predicted molar refractivity (Wildman–Crippen MR) is 68.7 cm³/mol. The van der Waals surface area contributed by atoms with Gasteiger partial charge in [0.25, 0.3) is 0 Å². The third-order valence-electron chi connectivity index (χ3n) is 2.78. The average molecular weight is 251 g/mol. The van der Waals surface area contributed by atoms with E-state index in [0.717, 1.165) is 21.9 Å². The summed E-state index contributed by atoms with van der Waals surface area (Å²) in [6, 6.07) is 9.74. The largest absolute Gasteiger partial charge is 0.469 e. The molecule has 1 atom stereocenters. The van der Waals surface area contributed by atoms with Crippen LogP contribution in [0.15, 0.2) is 41.0 Å². The van der Waals surface area contributed by atoms with Crippen molar-refractivity contribution in [2.75, 3.05) is 0 Å². The van der Waals surface area contributed by atoms with Crippen molar-refractivity contribution in [1.29, 1.82) is 0 Å². The Labute approximate surface area is 106 Å². The SMILES string of the molecule is Cc1ccc(C(Cc2ccco2)NN)cc1Cl. The summed E-state index contributed by atoms with van der Waals surface area (Å²) in [7, 11) is 0. The maximum absolute atomic E-state index is 6.10. The molecule has 2 aromatic rings. The lowest BCUT2D eigenvalue weighted by molar-refractivity contribution is 0.455. The molecule has 0 fully saturated rings. The minimum Gasteiger partial charge on any atom is -0.469 e. The van der Waals surface area contributed by atoms with E-state index in [1.54, 1.807) is 6.26 Å². The standard InChI is InChI=1S/C13H15ClN2O/c1-9-4-5-10(7-12(9)14)13(16-15)8-11-3-2-6-17-11/h2-7,13,16H,8,15H2,1H3. The summed E-state index contributed by atoms with van der Waals surface area (Å²) in [6.45, 7) is 1.98. The summed E-state index contributed by atoms with van der Waals surface area (Å²) < 4.78 is 5.31. The predicted octanol–water partition coefficient (Wildman–Crippen LogP) is 2.99. The van der Waals surface area contributed by atoms with E-state index in [2.05, 4.69) is 5.43 Å². The Bertz CT molecular complexity index is 482. The molecule has 90 valence electrons. The minimum atomic E-state index is -0.000694. The molecule has 17 heavy (non-hydrogen) atoms. The molecule has 0 amide bonds. The molecule has 0 aliphatic heterocycles. The van der Waals surface area contributed by atoms with Crippen molar-refractivity contribution < 1.29 is 4.42 Å². The van der Waals surface area contributed by atoms with Gasteiger partial charge >= 0.3 is 0 Å². The van der Waals surface area contributed by atoms with Gasteiger partial charge in [0.2, 0.25) is 0 Å². The molecule has 0 spiro atoms. The molecule has 2 rings (SSSR count). The Morgan fingerprint density at radius 1 is 1.41 bits per heavy atom. The zero-order valence-corrected chi connectivity index (χ0v) is 10.4. The van der Waals surface area contributed by atoms with Crippen LogP contribution in [0.4, 0.5) is 0 Å². The second kappa shape index (κ2) is 5.36. The van der Waals surface area contributed by atoms with Crippen molar-refractivity contribution in [3.05, 3.63) is 58.5 Å². The van der Waals surface area contributed by atoms with Crippen LogP contribution in [-0.4, -0.2) is 0 Å². The molecule has 1 aromatic carbocycles. The highest BCUT2D eigenvalue weighted by atomic mass is 35.5. The topological polar surface area (TPSA) is 51.2 Å². The number of nitrogens with two attached hydrogens (primary N) is 1. The van der Waals surface area contributed by atoms with Crippen molar-refractivity contribution in [3.63, 3.8) is 0 Å². The lowest BCUT2D eigenvalue weighted by Gasteiger charge is -2.15. The number of nitrogens with one attached hydrogen (secondary N) is 1. The third-order valence-corrected chi connectivity index (χ3v) is 3.19. The van der Waals surface area contributed by atoms with Gasteiger partial charge in [-0.1, -0.05) is 23.7 Å². The second-order valence-corrected chi connectivity index (χ2v) is 4.42.